The maximum absolute atomic E-state index is 10.1. The monoisotopic (exact) mass is 202 g/mol. The highest BCUT2D eigenvalue weighted by Gasteiger charge is 2.07. The third-order valence-electron chi connectivity index (χ3n) is 2.01. The average Bonchev–Trinajstić information content (AvgIpc) is 2.05. The first-order valence-electron chi connectivity index (χ1n) is 5.68. The molecule has 86 valence electrons. The summed E-state index contributed by atoms with van der Waals surface area (Å²) in [6, 6.07) is 0. The fourth-order valence-corrected chi connectivity index (χ4v) is 1.13. The smallest absolute Gasteiger partial charge is 0.306 e. The van der Waals surface area contributed by atoms with E-state index in [2.05, 4.69) is 20.8 Å². The maximum Gasteiger partial charge on any atom is 0.306 e. The van der Waals surface area contributed by atoms with Crippen LogP contribution in [-0.2, 0) is 4.79 Å². The molecule has 0 saturated heterocycles. The van der Waals surface area contributed by atoms with Crippen LogP contribution in [0.25, 0.3) is 0 Å². The number of carboxylic acid groups (broad SMARTS) is 1. The first-order valence-corrected chi connectivity index (χ1v) is 5.68. The number of carboxylic acids is 1. The van der Waals surface area contributed by atoms with Crippen molar-refractivity contribution in [3.8, 4) is 0 Å². The van der Waals surface area contributed by atoms with Crippen LogP contribution >= 0.6 is 0 Å². The summed E-state index contributed by atoms with van der Waals surface area (Å²) in [6.07, 6.45) is 4.44. The zero-order valence-corrected chi connectivity index (χ0v) is 10.3. The Bertz CT molecular complexity index is 130. The fraction of sp³-hybridized carbons (Fsp3) is 0.917. The summed E-state index contributed by atoms with van der Waals surface area (Å²) in [6.45, 7) is 10.4. The summed E-state index contributed by atoms with van der Waals surface area (Å²) in [5, 5.41) is 8.31. The van der Waals surface area contributed by atoms with Crippen LogP contribution in [0.2, 0.25) is 0 Å². The van der Waals surface area contributed by atoms with E-state index in [1.54, 1.807) is 6.92 Å². The van der Waals surface area contributed by atoms with E-state index in [-0.39, 0.29) is 5.92 Å². The van der Waals surface area contributed by atoms with Gasteiger partial charge in [-0.3, -0.25) is 4.79 Å². The van der Waals surface area contributed by atoms with Gasteiger partial charge in [0.05, 0.1) is 5.92 Å². The van der Waals surface area contributed by atoms with E-state index in [0.29, 0.717) is 0 Å². The molecule has 0 radical (unpaired) electrons. The van der Waals surface area contributed by atoms with E-state index in [0.717, 1.165) is 18.8 Å². The predicted molar refractivity (Wildman–Crippen MR) is 61.5 cm³/mol. The summed E-state index contributed by atoms with van der Waals surface area (Å²) < 4.78 is 0. The lowest BCUT2D eigenvalue weighted by Crippen LogP contribution is -2.08. The summed E-state index contributed by atoms with van der Waals surface area (Å²) in [7, 11) is 0. The Balaban J connectivity index is 0. The van der Waals surface area contributed by atoms with Crippen LogP contribution < -0.4 is 0 Å². The maximum atomic E-state index is 10.1. The van der Waals surface area contributed by atoms with Crippen LogP contribution in [0.15, 0.2) is 0 Å². The van der Waals surface area contributed by atoms with E-state index in [1.165, 1.54) is 12.8 Å². The first-order chi connectivity index (χ1) is 6.45. The van der Waals surface area contributed by atoms with Gasteiger partial charge in [-0.1, -0.05) is 53.9 Å². The number of carbonyl (C=O) groups is 1. The molecule has 1 N–H and O–H groups in total. The Morgan fingerprint density at radius 1 is 1.07 bits per heavy atom. The molecule has 0 spiro atoms. The van der Waals surface area contributed by atoms with Gasteiger partial charge >= 0.3 is 5.97 Å². The highest BCUT2D eigenvalue weighted by atomic mass is 16.4. The van der Waals surface area contributed by atoms with E-state index in [9.17, 15) is 4.79 Å². The SMILES string of the molecule is CCCC(C)C.CCCC(C)C(=O)O. The van der Waals surface area contributed by atoms with E-state index < -0.39 is 5.97 Å². The number of rotatable bonds is 5. The lowest BCUT2D eigenvalue weighted by atomic mass is 10.1. The molecule has 2 nitrogen and oxygen atoms in total. The molecule has 0 fully saturated rings. The van der Waals surface area contributed by atoms with Gasteiger partial charge in [-0.2, -0.15) is 0 Å². The van der Waals surface area contributed by atoms with Crippen molar-refractivity contribution in [1.29, 1.82) is 0 Å². The largest absolute Gasteiger partial charge is 0.481 e. The lowest BCUT2D eigenvalue weighted by Gasteiger charge is -2.00. The highest BCUT2D eigenvalue weighted by molar-refractivity contribution is 5.69. The van der Waals surface area contributed by atoms with Crippen LogP contribution in [0.3, 0.4) is 0 Å². The van der Waals surface area contributed by atoms with Crippen molar-refractivity contribution < 1.29 is 9.90 Å². The number of aliphatic carboxylic acids is 1. The van der Waals surface area contributed by atoms with Crippen LogP contribution in [0.1, 0.15) is 60.3 Å². The second kappa shape index (κ2) is 10.6. The van der Waals surface area contributed by atoms with Crippen LogP contribution in [-0.4, -0.2) is 11.1 Å². The highest BCUT2D eigenvalue weighted by Crippen LogP contribution is 2.03. The van der Waals surface area contributed by atoms with Gasteiger partial charge in [-0.15, -0.1) is 0 Å². The van der Waals surface area contributed by atoms with Crippen LogP contribution in [0.4, 0.5) is 0 Å². The van der Waals surface area contributed by atoms with Crippen LogP contribution in [0.5, 0.6) is 0 Å². The Kier molecular flexibility index (Phi) is 12.0. The molecule has 0 aromatic carbocycles. The third kappa shape index (κ3) is 14.0. The van der Waals surface area contributed by atoms with E-state index in [1.807, 2.05) is 6.92 Å². The third-order valence-corrected chi connectivity index (χ3v) is 2.01. The van der Waals surface area contributed by atoms with Crippen molar-refractivity contribution in [2.75, 3.05) is 0 Å². The van der Waals surface area contributed by atoms with Crippen molar-refractivity contribution in [3.05, 3.63) is 0 Å². The molecule has 0 aliphatic heterocycles. The molecule has 0 bridgehead atoms. The fourth-order valence-electron chi connectivity index (χ4n) is 1.13. The van der Waals surface area contributed by atoms with Crippen molar-refractivity contribution in [2.45, 2.75) is 60.3 Å². The van der Waals surface area contributed by atoms with Gasteiger partial charge < -0.3 is 5.11 Å². The van der Waals surface area contributed by atoms with Crippen molar-refractivity contribution in [1.82, 2.24) is 0 Å². The van der Waals surface area contributed by atoms with Gasteiger partial charge in [-0.25, -0.2) is 0 Å². The summed E-state index contributed by atoms with van der Waals surface area (Å²) >= 11 is 0. The molecule has 0 aliphatic carbocycles. The molecule has 1 unspecified atom stereocenters. The zero-order valence-electron chi connectivity index (χ0n) is 10.3. The quantitative estimate of drug-likeness (QED) is 0.733. The molecule has 0 rings (SSSR count). The molecule has 0 heterocycles. The first kappa shape index (κ1) is 15.9. The topological polar surface area (TPSA) is 37.3 Å². The minimum absolute atomic E-state index is 0.167. The van der Waals surface area contributed by atoms with Gasteiger partial charge in [0.25, 0.3) is 0 Å². The standard InChI is InChI=1S/C6H12O2.C6H14/c1-3-4-5(2)6(7)8;1-4-5-6(2)3/h5H,3-4H2,1-2H3,(H,7,8);6H,4-5H2,1-3H3. The molecule has 0 saturated carbocycles. The Labute approximate surface area is 88.7 Å². The second-order valence-electron chi connectivity index (χ2n) is 4.21. The van der Waals surface area contributed by atoms with Gasteiger partial charge in [0.1, 0.15) is 0 Å². The Morgan fingerprint density at radius 2 is 1.50 bits per heavy atom. The van der Waals surface area contributed by atoms with E-state index >= 15 is 0 Å². The molecule has 0 aliphatic rings. The van der Waals surface area contributed by atoms with Gasteiger partial charge in [-0.05, 0) is 12.3 Å². The Morgan fingerprint density at radius 3 is 1.57 bits per heavy atom. The van der Waals surface area contributed by atoms with Gasteiger partial charge in [0.2, 0.25) is 0 Å². The summed E-state index contributed by atoms with van der Waals surface area (Å²) in [5.41, 5.74) is 0. The number of hydrogen-bond donors (Lipinski definition) is 1. The number of hydrogen-bond acceptors (Lipinski definition) is 1. The van der Waals surface area contributed by atoms with Gasteiger partial charge in [0.15, 0.2) is 0 Å². The molecular weight excluding hydrogens is 176 g/mol. The minimum atomic E-state index is -0.688. The second-order valence-corrected chi connectivity index (χ2v) is 4.21. The Hall–Kier alpha value is -0.530. The molecule has 0 aromatic heterocycles. The summed E-state index contributed by atoms with van der Waals surface area (Å²) in [4.78, 5) is 10.1. The predicted octanol–water partition coefficient (Wildman–Crippen LogP) is 3.95. The zero-order chi connectivity index (χ0) is 11.6. The molecule has 14 heavy (non-hydrogen) atoms. The van der Waals surface area contributed by atoms with Gasteiger partial charge in [0, 0.05) is 0 Å². The van der Waals surface area contributed by atoms with Crippen molar-refractivity contribution >= 4 is 5.97 Å². The van der Waals surface area contributed by atoms with Crippen LogP contribution in [0, 0.1) is 11.8 Å². The van der Waals surface area contributed by atoms with Crippen molar-refractivity contribution in [3.63, 3.8) is 0 Å². The molecule has 1 atom stereocenters. The molecule has 0 aromatic rings. The molecular formula is C12H26O2. The van der Waals surface area contributed by atoms with E-state index in [4.69, 9.17) is 5.11 Å². The molecule has 0 amide bonds. The summed E-state index contributed by atoms with van der Waals surface area (Å²) in [5.74, 6) is 0.0434. The normalized spacial score (nSPS) is 11.9. The van der Waals surface area contributed by atoms with Crippen molar-refractivity contribution in [2.24, 2.45) is 11.8 Å². The minimum Gasteiger partial charge on any atom is -0.481 e. The molecule has 2 heteroatoms. The average molecular weight is 202 g/mol. The lowest BCUT2D eigenvalue weighted by molar-refractivity contribution is -0.141.